The number of β-lactam (4-membered cyclic amide) rings is 1. The Kier molecular flexibility index (Phi) is 1.26. The third kappa shape index (κ3) is 0.728. The highest BCUT2D eigenvalue weighted by Crippen LogP contribution is 2.29. The normalized spacial score (nSPS) is 35.1. The third-order valence-corrected chi connectivity index (χ3v) is 3.37. The van der Waals surface area contributed by atoms with Gasteiger partial charge in [0, 0.05) is 17.5 Å². The maximum absolute atomic E-state index is 11.2. The maximum atomic E-state index is 11.2. The molecule has 1 saturated heterocycles. The number of hydrogen-bond acceptors (Lipinski definition) is 2. The number of rotatable bonds is 0. The zero-order valence-electron chi connectivity index (χ0n) is 5.82. The van der Waals surface area contributed by atoms with Crippen LogP contribution in [0.3, 0.4) is 0 Å². The molecule has 0 spiro atoms. The molecule has 2 aliphatic rings. The summed E-state index contributed by atoms with van der Waals surface area (Å²) in [6, 6.07) is 0. The van der Waals surface area contributed by atoms with Gasteiger partial charge in [-0.3, -0.25) is 13.9 Å². The molecular weight excluding hydrogens is 162 g/mol. The second kappa shape index (κ2) is 2.04. The number of carbonyl (C=O) groups excluding carboxylic acids is 1. The van der Waals surface area contributed by atoms with E-state index in [1.165, 1.54) is 4.90 Å². The van der Waals surface area contributed by atoms with Crippen LogP contribution < -0.4 is 0 Å². The Bertz CT molecular complexity index is 295. The highest BCUT2D eigenvalue weighted by Gasteiger charge is 2.44. The number of fused-ring (bicyclic) bond motifs is 1. The fourth-order valence-corrected chi connectivity index (χ4v) is 2.55. The van der Waals surface area contributed by atoms with E-state index in [1.807, 2.05) is 0 Å². The summed E-state index contributed by atoms with van der Waals surface area (Å²) in [6.07, 6.45) is 3.43. The summed E-state index contributed by atoms with van der Waals surface area (Å²) < 4.78 is 11.2. The molecule has 2 atom stereocenters. The van der Waals surface area contributed by atoms with Gasteiger partial charge in [-0.05, 0) is 0 Å². The second-order valence-electron chi connectivity index (χ2n) is 2.52. The molecule has 0 radical (unpaired) electrons. The highest BCUT2D eigenvalue weighted by molar-refractivity contribution is 7.86. The summed E-state index contributed by atoms with van der Waals surface area (Å²) in [4.78, 5) is 12.5. The van der Waals surface area contributed by atoms with Crippen LogP contribution in [-0.2, 0) is 15.6 Å². The molecule has 0 aromatic heterocycles. The Morgan fingerprint density at radius 3 is 3.09 bits per heavy atom. The van der Waals surface area contributed by atoms with Crippen LogP contribution in [-0.4, -0.2) is 26.1 Å². The molecule has 0 saturated carbocycles. The summed E-state index contributed by atoms with van der Waals surface area (Å²) in [6.45, 7) is 3.56. The van der Waals surface area contributed by atoms with E-state index in [0.29, 0.717) is 11.3 Å². The largest absolute Gasteiger partial charge is 0.296 e. The first-order chi connectivity index (χ1) is 5.22. The van der Waals surface area contributed by atoms with Gasteiger partial charge < -0.3 is 0 Å². The van der Waals surface area contributed by atoms with Crippen molar-refractivity contribution in [1.82, 2.24) is 4.90 Å². The van der Waals surface area contributed by atoms with Crippen molar-refractivity contribution in [1.29, 1.82) is 0 Å². The molecule has 11 heavy (non-hydrogen) atoms. The Balaban J connectivity index is 2.36. The molecule has 4 heteroatoms. The minimum absolute atomic E-state index is 0.0979. The summed E-state index contributed by atoms with van der Waals surface area (Å²) in [5.74, 6) is 0.437. The summed E-state index contributed by atoms with van der Waals surface area (Å²) in [5.41, 5.74) is 0.479. The van der Waals surface area contributed by atoms with Gasteiger partial charge >= 0.3 is 0 Å². The van der Waals surface area contributed by atoms with Crippen LogP contribution in [0.15, 0.2) is 24.4 Å². The van der Waals surface area contributed by atoms with Crippen LogP contribution in [0.5, 0.6) is 0 Å². The van der Waals surface area contributed by atoms with Crippen molar-refractivity contribution in [3.63, 3.8) is 0 Å². The van der Waals surface area contributed by atoms with Gasteiger partial charge in [0.05, 0.1) is 10.8 Å². The molecule has 2 rings (SSSR count). The third-order valence-electron chi connectivity index (χ3n) is 1.84. The van der Waals surface area contributed by atoms with E-state index in [0.717, 1.165) is 0 Å². The Morgan fingerprint density at radius 2 is 2.45 bits per heavy atom. The Morgan fingerprint density at radius 1 is 1.73 bits per heavy atom. The van der Waals surface area contributed by atoms with Crippen molar-refractivity contribution >= 4 is 16.7 Å². The molecule has 0 bridgehead atoms. The summed E-state index contributed by atoms with van der Waals surface area (Å²) in [7, 11) is -0.960. The van der Waals surface area contributed by atoms with Crippen molar-refractivity contribution in [3.05, 3.63) is 24.4 Å². The number of carbonyl (C=O) groups is 1. The first-order valence-corrected chi connectivity index (χ1v) is 4.65. The van der Waals surface area contributed by atoms with Gasteiger partial charge in [0.2, 0.25) is 0 Å². The van der Waals surface area contributed by atoms with Crippen molar-refractivity contribution in [2.24, 2.45) is 0 Å². The molecule has 58 valence electrons. The number of nitrogens with zero attached hydrogens (tertiary/aromatic N) is 1. The maximum Gasteiger partial charge on any atom is 0.257 e. The Hall–Kier alpha value is -0.900. The molecule has 3 nitrogen and oxygen atoms in total. The fourth-order valence-electron chi connectivity index (χ4n) is 1.25. The average molecular weight is 169 g/mol. The number of hydrogen-bond donors (Lipinski definition) is 0. The average Bonchev–Trinajstić information content (AvgIpc) is 2.03. The molecule has 1 fully saturated rings. The van der Waals surface area contributed by atoms with E-state index < -0.39 is 10.8 Å². The monoisotopic (exact) mass is 169 g/mol. The van der Waals surface area contributed by atoms with E-state index >= 15 is 0 Å². The molecule has 0 N–H and O–H groups in total. The predicted octanol–water partition coefficient (Wildman–Crippen LogP) is -0.0131. The molecule has 0 aromatic rings. The van der Waals surface area contributed by atoms with Crippen molar-refractivity contribution in [2.45, 2.75) is 5.37 Å². The first kappa shape index (κ1) is 6.79. The quantitative estimate of drug-likeness (QED) is 0.378. The first-order valence-electron chi connectivity index (χ1n) is 3.27. The fraction of sp³-hybridized carbons (Fsp3) is 0.286. The lowest BCUT2D eigenvalue weighted by molar-refractivity contribution is -0.130. The second-order valence-corrected chi connectivity index (χ2v) is 4.06. The lowest BCUT2D eigenvalue weighted by atomic mass is 10.1. The van der Waals surface area contributed by atoms with E-state index in [9.17, 15) is 9.00 Å². The van der Waals surface area contributed by atoms with Crippen LogP contribution >= 0.6 is 0 Å². The minimum Gasteiger partial charge on any atom is -0.296 e. The topological polar surface area (TPSA) is 37.4 Å². The van der Waals surface area contributed by atoms with E-state index in [2.05, 4.69) is 6.58 Å². The molecule has 1 unspecified atom stereocenters. The lowest BCUT2D eigenvalue weighted by Crippen LogP contribution is -2.55. The van der Waals surface area contributed by atoms with Gasteiger partial charge in [-0.1, -0.05) is 12.7 Å². The zero-order valence-corrected chi connectivity index (χ0v) is 6.63. The van der Waals surface area contributed by atoms with Crippen molar-refractivity contribution in [3.8, 4) is 0 Å². The molecular formula is C7H7NO2S. The highest BCUT2D eigenvalue weighted by atomic mass is 32.2. The van der Waals surface area contributed by atoms with Crippen LogP contribution in [0.1, 0.15) is 0 Å². The van der Waals surface area contributed by atoms with Gasteiger partial charge in [-0.2, -0.15) is 0 Å². The molecule has 2 heterocycles. The van der Waals surface area contributed by atoms with Gasteiger partial charge in [0.1, 0.15) is 5.37 Å². The predicted molar refractivity (Wildman–Crippen MR) is 41.9 cm³/mol. The smallest absolute Gasteiger partial charge is 0.257 e. The van der Waals surface area contributed by atoms with Gasteiger partial charge in [0.15, 0.2) is 0 Å². The lowest BCUT2D eigenvalue weighted by Gasteiger charge is -2.40. The van der Waals surface area contributed by atoms with Gasteiger partial charge in [-0.25, -0.2) is 0 Å². The Labute approximate surface area is 66.8 Å². The van der Waals surface area contributed by atoms with E-state index in [-0.39, 0.29) is 11.3 Å². The van der Waals surface area contributed by atoms with Crippen LogP contribution in [0.25, 0.3) is 0 Å². The summed E-state index contributed by atoms with van der Waals surface area (Å²) >= 11 is 0. The van der Waals surface area contributed by atoms with Crippen molar-refractivity contribution in [2.75, 3.05) is 5.75 Å². The summed E-state index contributed by atoms with van der Waals surface area (Å²) in [5, 5.41) is -0.229. The molecule has 0 aliphatic carbocycles. The van der Waals surface area contributed by atoms with E-state index in [4.69, 9.17) is 0 Å². The standard InChI is InChI=1S/C7H7NO2S/c1-5-6(9)8-3-2-4-11(10)7(5)8/h2-3,7H,1,4H2/t7-,11?/m0/s1. The SMILES string of the molecule is C=C1C(=O)N2C=CCS(=O)[C@@H]12. The van der Waals surface area contributed by atoms with Crippen LogP contribution in [0, 0.1) is 0 Å². The number of amides is 1. The molecule has 0 aromatic carbocycles. The zero-order chi connectivity index (χ0) is 8.01. The van der Waals surface area contributed by atoms with Gasteiger partial charge in [0.25, 0.3) is 5.91 Å². The molecule has 2 aliphatic heterocycles. The van der Waals surface area contributed by atoms with E-state index in [1.54, 1.807) is 12.3 Å². The molecule has 1 amide bonds. The van der Waals surface area contributed by atoms with Crippen LogP contribution in [0.2, 0.25) is 0 Å². The van der Waals surface area contributed by atoms with Crippen molar-refractivity contribution < 1.29 is 9.00 Å². The van der Waals surface area contributed by atoms with Gasteiger partial charge in [-0.15, -0.1) is 0 Å². The minimum atomic E-state index is -0.960. The van der Waals surface area contributed by atoms with Crippen LogP contribution in [0.4, 0.5) is 0 Å².